The number of nitrogens with one attached hydrogen (secondary N) is 1. The first kappa shape index (κ1) is 11.7. The quantitative estimate of drug-likeness (QED) is 0.584. The molecule has 0 saturated carbocycles. The van der Waals surface area contributed by atoms with Crippen LogP contribution in [0.1, 0.15) is 13.3 Å². The zero-order chi connectivity index (χ0) is 9.90. The Morgan fingerprint density at radius 2 is 2.23 bits per heavy atom. The lowest BCUT2D eigenvalue weighted by Gasteiger charge is -2.51. The van der Waals surface area contributed by atoms with Gasteiger partial charge in [-0.05, 0) is 13.5 Å². The van der Waals surface area contributed by atoms with Crippen molar-refractivity contribution in [1.82, 2.24) is 8.43 Å². The summed E-state index contributed by atoms with van der Waals surface area (Å²) in [5.41, 5.74) is 0.360. The Morgan fingerprint density at radius 1 is 1.62 bits per heavy atom. The molecule has 1 atom stereocenters. The maximum atomic E-state index is 9.31. The van der Waals surface area contributed by atoms with E-state index in [4.69, 9.17) is 0 Å². The second-order valence-corrected chi connectivity index (χ2v) is 5.30. The number of hydrogen-bond donors (Lipinski definition) is 2. The van der Waals surface area contributed by atoms with Crippen LogP contribution in [0.3, 0.4) is 0 Å². The largest absolute Gasteiger partial charge is 0.396 e. The maximum absolute atomic E-state index is 9.31. The first-order valence-electron chi connectivity index (χ1n) is 4.84. The molecule has 0 spiro atoms. The van der Waals surface area contributed by atoms with Gasteiger partial charge in [0.25, 0.3) is 0 Å². The lowest BCUT2D eigenvalue weighted by Crippen LogP contribution is -2.58. The lowest BCUT2D eigenvalue weighted by atomic mass is 9.69. The van der Waals surface area contributed by atoms with E-state index in [0.717, 1.165) is 19.6 Å². The van der Waals surface area contributed by atoms with Crippen LogP contribution in [0.15, 0.2) is 0 Å². The van der Waals surface area contributed by atoms with Crippen LogP contribution < -0.4 is 5.32 Å². The third-order valence-electron chi connectivity index (χ3n) is 3.21. The molecule has 1 aliphatic rings. The van der Waals surface area contributed by atoms with Crippen molar-refractivity contribution in [3.8, 4) is 0 Å². The Kier molecular flexibility index (Phi) is 4.41. The molecule has 0 bridgehead atoms. The minimum absolute atomic E-state index is 0.305. The van der Waals surface area contributed by atoms with Crippen LogP contribution in [-0.4, -0.2) is 41.5 Å². The highest BCUT2D eigenvalue weighted by Gasteiger charge is 2.45. The molecule has 0 radical (unpaired) electrons. The van der Waals surface area contributed by atoms with Gasteiger partial charge in [-0.25, -0.2) is 3.11 Å². The van der Waals surface area contributed by atoms with Crippen LogP contribution in [0.5, 0.6) is 0 Å². The minimum atomic E-state index is 0.305. The summed E-state index contributed by atoms with van der Waals surface area (Å²) in [6.45, 7) is 5.70. The second-order valence-electron chi connectivity index (χ2n) is 3.93. The molecule has 4 heteroatoms. The summed E-state index contributed by atoms with van der Waals surface area (Å²) in [7, 11) is 1.95. The van der Waals surface area contributed by atoms with Gasteiger partial charge in [0.05, 0.1) is 0 Å². The summed E-state index contributed by atoms with van der Waals surface area (Å²) >= 11 is 2.35. The van der Waals surface area contributed by atoms with Crippen LogP contribution in [0.2, 0.25) is 0 Å². The third kappa shape index (κ3) is 2.34. The van der Waals surface area contributed by atoms with Gasteiger partial charge in [-0.2, -0.15) is 0 Å². The molecule has 3 nitrogen and oxygen atoms in total. The summed E-state index contributed by atoms with van der Waals surface area (Å²) in [5.74, 6) is 0.411. The molecule has 0 aromatic carbocycles. The monoisotopic (exact) mass is 298 g/mol. The summed E-state index contributed by atoms with van der Waals surface area (Å²) < 4.78 is 2.29. The van der Waals surface area contributed by atoms with E-state index in [2.05, 4.69) is 38.2 Å². The number of rotatable bonds is 5. The van der Waals surface area contributed by atoms with Gasteiger partial charge in [-0.3, -0.25) is 0 Å². The molecule has 78 valence electrons. The average Bonchev–Trinajstić information content (AvgIpc) is 2.09. The van der Waals surface area contributed by atoms with E-state index >= 15 is 0 Å². The van der Waals surface area contributed by atoms with Crippen molar-refractivity contribution in [3.63, 3.8) is 0 Å². The van der Waals surface area contributed by atoms with Crippen molar-refractivity contribution in [2.45, 2.75) is 13.3 Å². The van der Waals surface area contributed by atoms with E-state index in [1.54, 1.807) is 0 Å². The van der Waals surface area contributed by atoms with E-state index in [1.807, 2.05) is 7.05 Å². The number of aliphatic hydroxyl groups excluding tert-OH is 1. The van der Waals surface area contributed by atoms with Gasteiger partial charge in [0.15, 0.2) is 0 Å². The van der Waals surface area contributed by atoms with E-state index in [0.29, 0.717) is 17.9 Å². The average molecular weight is 298 g/mol. The zero-order valence-corrected chi connectivity index (χ0v) is 10.5. The van der Waals surface area contributed by atoms with Gasteiger partial charge in [0.2, 0.25) is 0 Å². The molecule has 0 aromatic rings. The SMILES string of the molecule is CCC1(C(CO)CNC)CN(I)C1. The van der Waals surface area contributed by atoms with Gasteiger partial charge < -0.3 is 10.4 Å². The highest BCUT2D eigenvalue weighted by Crippen LogP contribution is 2.42. The van der Waals surface area contributed by atoms with Crippen LogP contribution in [-0.2, 0) is 0 Å². The zero-order valence-electron chi connectivity index (χ0n) is 8.39. The van der Waals surface area contributed by atoms with E-state index in [9.17, 15) is 5.11 Å². The molecule has 0 aromatic heterocycles. The van der Waals surface area contributed by atoms with Crippen molar-refractivity contribution in [2.75, 3.05) is 33.3 Å². The Bertz CT molecular complexity index is 160. The maximum Gasteiger partial charge on any atom is 0.0477 e. The van der Waals surface area contributed by atoms with E-state index in [-0.39, 0.29) is 0 Å². The summed E-state index contributed by atoms with van der Waals surface area (Å²) in [6.07, 6.45) is 1.17. The van der Waals surface area contributed by atoms with Gasteiger partial charge >= 0.3 is 0 Å². The molecule has 0 amide bonds. The Labute approximate surface area is 94.4 Å². The summed E-state index contributed by atoms with van der Waals surface area (Å²) in [4.78, 5) is 0. The van der Waals surface area contributed by atoms with Gasteiger partial charge in [0.1, 0.15) is 0 Å². The first-order chi connectivity index (χ1) is 6.18. The van der Waals surface area contributed by atoms with E-state index < -0.39 is 0 Å². The van der Waals surface area contributed by atoms with Crippen molar-refractivity contribution >= 4 is 22.9 Å². The molecule has 1 fully saturated rings. The minimum Gasteiger partial charge on any atom is -0.396 e. The normalized spacial score (nSPS) is 24.0. The number of hydrogen-bond acceptors (Lipinski definition) is 3. The van der Waals surface area contributed by atoms with Crippen molar-refractivity contribution < 1.29 is 5.11 Å². The molecule has 2 N–H and O–H groups in total. The van der Waals surface area contributed by atoms with Gasteiger partial charge in [-0.15, -0.1) is 0 Å². The van der Waals surface area contributed by atoms with Crippen LogP contribution in [0.4, 0.5) is 0 Å². The molecule has 13 heavy (non-hydrogen) atoms. The molecule has 0 aliphatic carbocycles. The van der Waals surface area contributed by atoms with Crippen molar-refractivity contribution in [3.05, 3.63) is 0 Å². The first-order valence-corrected chi connectivity index (χ1v) is 5.81. The van der Waals surface area contributed by atoms with Crippen molar-refractivity contribution in [2.24, 2.45) is 11.3 Å². The Morgan fingerprint density at radius 3 is 2.54 bits per heavy atom. The number of halogens is 1. The highest BCUT2D eigenvalue weighted by atomic mass is 127. The third-order valence-corrected chi connectivity index (χ3v) is 3.90. The number of nitrogens with zero attached hydrogens (tertiary/aromatic N) is 1. The molecule has 1 unspecified atom stereocenters. The fourth-order valence-electron chi connectivity index (χ4n) is 2.13. The molecule has 1 heterocycles. The Hall–Kier alpha value is 0.610. The molecular weight excluding hydrogens is 279 g/mol. The standard InChI is InChI=1S/C9H19IN2O/c1-3-9(6-12(10)7-9)8(5-13)4-11-2/h8,11,13H,3-7H2,1-2H3. The number of aliphatic hydroxyl groups is 1. The fourth-order valence-corrected chi connectivity index (χ4v) is 3.49. The summed E-state index contributed by atoms with van der Waals surface area (Å²) in [5, 5.41) is 12.5. The van der Waals surface area contributed by atoms with Gasteiger partial charge in [-0.1, -0.05) is 6.92 Å². The fraction of sp³-hybridized carbons (Fsp3) is 1.00. The van der Waals surface area contributed by atoms with Gasteiger partial charge in [0, 0.05) is 60.4 Å². The van der Waals surface area contributed by atoms with Crippen LogP contribution >= 0.6 is 22.9 Å². The van der Waals surface area contributed by atoms with Crippen LogP contribution in [0.25, 0.3) is 0 Å². The molecule has 1 aliphatic heterocycles. The molecule has 1 saturated heterocycles. The predicted octanol–water partition coefficient (Wildman–Crippen LogP) is 0.876. The van der Waals surface area contributed by atoms with E-state index in [1.165, 1.54) is 6.42 Å². The molecule has 1 rings (SSSR count). The van der Waals surface area contributed by atoms with Crippen LogP contribution in [0, 0.1) is 11.3 Å². The predicted molar refractivity (Wildman–Crippen MR) is 62.8 cm³/mol. The summed E-state index contributed by atoms with van der Waals surface area (Å²) in [6, 6.07) is 0. The Balaban J connectivity index is 2.53. The van der Waals surface area contributed by atoms with Crippen molar-refractivity contribution in [1.29, 1.82) is 0 Å². The smallest absolute Gasteiger partial charge is 0.0477 e. The second kappa shape index (κ2) is 4.91. The topological polar surface area (TPSA) is 35.5 Å². The molecular formula is C9H19IN2O. The highest BCUT2D eigenvalue weighted by molar-refractivity contribution is 14.1. The lowest BCUT2D eigenvalue weighted by molar-refractivity contribution is -0.00609.